The van der Waals surface area contributed by atoms with Gasteiger partial charge in [-0.05, 0) is 169 Å². The quantitative estimate of drug-likeness (QED) is 0.0396. The van der Waals surface area contributed by atoms with Crippen LogP contribution >= 0.6 is 0 Å². The number of nitrogens with one attached hydrogen (secondary N) is 3. The van der Waals surface area contributed by atoms with Crippen LogP contribution in [-0.4, -0.2) is 246 Å². The lowest BCUT2D eigenvalue weighted by molar-refractivity contribution is -0.385. The predicted octanol–water partition coefficient (Wildman–Crippen LogP) is 10.4. The number of morpholine rings is 4. The van der Waals surface area contributed by atoms with Crippen LogP contribution < -0.4 is 41.3 Å². The van der Waals surface area contributed by atoms with Gasteiger partial charge in [-0.15, -0.1) is 0 Å². The highest BCUT2D eigenvalue weighted by atomic mass is 19.1. The highest BCUT2D eigenvalue weighted by Crippen LogP contribution is 2.38. The van der Waals surface area contributed by atoms with E-state index in [0.29, 0.717) is 181 Å². The number of halogens is 1. The maximum absolute atomic E-state index is 13.1. The molecule has 19 rings (SSSR count). The Morgan fingerprint density at radius 2 is 0.762 bits per heavy atom. The summed E-state index contributed by atoms with van der Waals surface area (Å²) in [5, 5.41) is 30.4. The minimum atomic E-state index is -0.628. The Bertz CT molecular complexity index is 5870. The molecule has 0 aliphatic carbocycles. The van der Waals surface area contributed by atoms with Crippen molar-refractivity contribution < 1.29 is 52.4 Å². The number of carbonyl (C=O) groups excluding carboxylic acids is 4. The molecule has 0 radical (unpaired) electrons. The summed E-state index contributed by atoms with van der Waals surface area (Å²) >= 11 is 0. The number of carbonyl (C=O) groups is 4. The number of aromatic nitrogens is 11. The van der Waals surface area contributed by atoms with Crippen molar-refractivity contribution in [2.24, 2.45) is 0 Å². The summed E-state index contributed by atoms with van der Waals surface area (Å²) in [7, 11) is 0. The summed E-state index contributed by atoms with van der Waals surface area (Å²) in [4.78, 5) is 138. The summed E-state index contributed by atoms with van der Waals surface area (Å²) in [5.41, 5.74) is 20.0. The number of alkyl halides is 1. The molecule has 36 nitrogen and oxygen atoms in total. The molecular formula is C93H101FN24O12. The van der Waals surface area contributed by atoms with Crippen molar-refractivity contribution >= 4 is 69.8 Å². The Labute approximate surface area is 749 Å². The minimum Gasteiger partial charge on any atom is -0.399 e. The third-order valence-electron chi connectivity index (χ3n) is 23.8. The van der Waals surface area contributed by atoms with Crippen molar-refractivity contribution in [2.75, 3.05) is 149 Å². The number of nitrogens with zero attached hydrogens (tertiary/aromatic N) is 20. The zero-order valence-electron chi connectivity index (χ0n) is 72.7. The van der Waals surface area contributed by atoms with Gasteiger partial charge >= 0.3 is 6.03 Å². The number of benzene rings is 4. The molecule has 8 aliphatic heterocycles. The summed E-state index contributed by atoms with van der Waals surface area (Å²) in [6, 6.07) is 38.3. The van der Waals surface area contributed by atoms with Gasteiger partial charge in [0.25, 0.3) is 29.1 Å². The number of ether oxygens (including phenoxy) is 4. The molecule has 0 unspecified atom stereocenters. The number of hydrogen-bond donors (Lipinski definition) is 4. The van der Waals surface area contributed by atoms with Gasteiger partial charge in [-0.1, -0.05) is 0 Å². The third kappa shape index (κ3) is 20.8. The molecule has 7 aromatic heterocycles. The molecule has 0 bridgehead atoms. The van der Waals surface area contributed by atoms with Crippen LogP contribution in [0, 0.1) is 20.2 Å². The number of pyridine rings is 3. The zero-order valence-corrected chi connectivity index (χ0v) is 72.7. The van der Waals surface area contributed by atoms with E-state index in [9.17, 15) is 43.8 Å². The molecule has 5 N–H and O–H groups in total. The number of rotatable bonds is 16. The van der Waals surface area contributed by atoms with Gasteiger partial charge in [0.1, 0.15) is 29.9 Å². The Morgan fingerprint density at radius 1 is 0.438 bits per heavy atom. The number of fused-ring (bicyclic) bond motifs is 4. The van der Waals surface area contributed by atoms with Crippen LogP contribution in [0.15, 0.2) is 171 Å². The molecule has 11 aromatic rings. The molecule has 8 aliphatic rings. The lowest BCUT2D eigenvalue weighted by Gasteiger charge is -2.37. The number of hydrogen-bond acceptors (Lipinski definition) is 29. The van der Waals surface area contributed by atoms with Crippen LogP contribution in [-0.2, 0) is 70.8 Å². The maximum atomic E-state index is 13.1. The molecule has 0 saturated carbocycles. The zero-order chi connectivity index (χ0) is 90.3. The molecule has 37 heteroatoms. The molecule has 672 valence electrons. The van der Waals surface area contributed by atoms with Crippen LogP contribution in [0.3, 0.4) is 0 Å². The monoisotopic (exact) mass is 1760 g/mol. The van der Waals surface area contributed by atoms with Gasteiger partial charge in [-0.2, -0.15) is 0 Å². The molecule has 15 heterocycles. The topological polar surface area (TPSA) is 418 Å². The van der Waals surface area contributed by atoms with Crippen LogP contribution in [0.5, 0.6) is 0 Å². The van der Waals surface area contributed by atoms with Gasteiger partial charge in [-0.3, -0.25) is 49.6 Å². The normalized spacial score (nSPS) is 18.1. The SMILES string of the molecule is C[C@H]1COCCN1c1nc(-c2ccc(N)cc2)nc2c1CCN(C(=O)c1cccnc1)C2.C[C@H]1COCCN1c1nc(-c2ccc(NC(=O)NCCF)cc2)nc2c1CCN(C(=O)c1cccnc1)C2.C[C@H]1COCCN1c1nc(-c2ccc([N+](=O)[O-])cc2)nc2c1CCN(C(=O)c1cccnc1)C2.C[C@H]1COCCN1c1nc(-c2ccc([N+](=O)[O-])cc2)nc2c1CCNC2. The highest BCUT2D eigenvalue weighted by molar-refractivity contribution is 5.96. The number of anilines is 6. The summed E-state index contributed by atoms with van der Waals surface area (Å²) < 4.78 is 34.8. The minimum absolute atomic E-state index is 0.0111. The van der Waals surface area contributed by atoms with Crippen LogP contribution in [0.4, 0.5) is 55.2 Å². The average molecular weight is 1770 g/mol. The first-order chi connectivity index (χ1) is 63.3. The maximum Gasteiger partial charge on any atom is 0.319 e. The fourth-order valence-corrected chi connectivity index (χ4v) is 16.9. The van der Waals surface area contributed by atoms with E-state index in [-0.39, 0.29) is 59.8 Å². The second-order valence-electron chi connectivity index (χ2n) is 32.6. The Balaban J connectivity index is 0.000000128. The van der Waals surface area contributed by atoms with E-state index in [0.717, 1.165) is 112 Å². The first-order valence-corrected chi connectivity index (χ1v) is 43.6. The molecule has 4 saturated heterocycles. The Morgan fingerprint density at radius 3 is 1.08 bits per heavy atom. The number of nitro groups is 2. The second kappa shape index (κ2) is 41.3. The highest BCUT2D eigenvalue weighted by Gasteiger charge is 2.37. The van der Waals surface area contributed by atoms with Gasteiger partial charge in [0.2, 0.25) is 0 Å². The van der Waals surface area contributed by atoms with E-state index in [1.54, 1.807) is 120 Å². The Kier molecular flexibility index (Phi) is 28.4. The predicted molar refractivity (Wildman–Crippen MR) is 485 cm³/mol. The largest absolute Gasteiger partial charge is 0.399 e. The van der Waals surface area contributed by atoms with E-state index in [1.807, 2.05) is 41.3 Å². The van der Waals surface area contributed by atoms with Crippen molar-refractivity contribution in [1.82, 2.24) is 80.2 Å². The van der Waals surface area contributed by atoms with Crippen molar-refractivity contribution in [3.63, 3.8) is 0 Å². The smallest absolute Gasteiger partial charge is 0.319 e. The van der Waals surface area contributed by atoms with Crippen molar-refractivity contribution in [2.45, 2.75) is 104 Å². The molecule has 4 aromatic carbocycles. The molecule has 5 amide bonds. The number of urea groups is 1. The first kappa shape index (κ1) is 89.3. The van der Waals surface area contributed by atoms with Crippen molar-refractivity contribution in [3.8, 4) is 45.6 Å². The molecular weight excluding hydrogens is 1660 g/mol. The van der Waals surface area contributed by atoms with E-state index in [1.165, 1.54) is 29.8 Å². The van der Waals surface area contributed by atoms with E-state index < -0.39 is 22.6 Å². The number of nitro benzene ring substituents is 2. The molecule has 130 heavy (non-hydrogen) atoms. The standard InChI is InChI=1S/C27H30FN7O3.C24H24N6O4.C24H26N6O2.C18H21N5O3/c1-18-17-38-14-13-35(18)25-22-8-12-34(26(36)20-3-2-10-29-15-20)16-23(22)32-24(33-25)19-4-6-21(7-5-19)31-27(37)30-11-9-28;1-16-15-34-12-11-29(16)23-20-8-10-28(24(31)18-3-2-9-25-13-18)14-21(20)26-22(27-23)17-4-6-19(7-5-17)30(32)33;1-16-15-32-12-11-30(16)23-20-8-10-29(24(31)18-3-2-9-26-13-18)14-21(20)27-22(28-23)17-4-6-19(25)7-5-17;1-12-11-26-9-8-22(12)18-15-6-7-19-10-16(15)20-17(21-18)13-2-4-14(5-3-13)23(24)25/h2-7,10,15,18H,8-9,11-14,16-17H2,1H3,(H2,30,31,37);2-7,9,13,16H,8,10-12,14-15H2,1H3;2-7,9,13,16H,8,10-12,14-15,25H2,1H3;2-5,12,19H,6-11H2,1H3/t18-;2*16-;12-/m0000/s1. The van der Waals surface area contributed by atoms with E-state index in [4.69, 9.17) is 64.6 Å². The lowest BCUT2D eigenvalue weighted by atomic mass is 10.0. The van der Waals surface area contributed by atoms with E-state index >= 15 is 0 Å². The summed E-state index contributed by atoms with van der Waals surface area (Å²) in [6.45, 7) is 20.6. The van der Waals surface area contributed by atoms with Gasteiger partial charge in [0.05, 0.1) is 146 Å². The van der Waals surface area contributed by atoms with Gasteiger partial charge in [0.15, 0.2) is 23.3 Å². The number of amides is 5. The van der Waals surface area contributed by atoms with Crippen molar-refractivity contribution in [1.29, 1.82) is 0 Å². The van der Waals surface area contributed by atoms with Gasteiger partial charge in [-0.25, -0.2) is 49.1 Å². The van der Waals surface area contributed by atoms with Gasteiger partial charge < -0.3 is 74.9 Å². The van der Waals surface area contributed by atoms with Crippen LogP contribution in [0.1, 0.15) is 104 Å². The lowest BCUT2D eigenvalue weighted by Crippen LogP contribution is -2.45. The molecule has 4 atom stereocenters. The van der Waals surface area contributed by atoms with Gasteiger partial charge in [0, 0.05) is 176 Å². The summed E-state index contributed by atoms with van der Waals surface area (Å²) in [5.74, 6) is 5.74. The summed E-state index contributed by atoms with van der Waals surface area (Å²) in [6.07, 6.45) is 12.6. The molecule has 0 spiro atoms. The first-order valence-electron chi connectivity index (χ1n) is 43.6. The third-order valence-corrected chi connectivity index (χ3v) is 23.8. The fourth-order valence-electron chi connectivity index (χ4n) is 16.9. The van der Waals surface area contributed by atoms with Crippen LogP contribution in [0.25, 0.3) is 45.6 Å². The Hall–Kier alpha value is -14.1. The second-order valence-corrected chi connectivity index (χ2v) is 32.6. The number of nitrogens with two attached hydrogens (primary N) is 1. The average Bonchev–Trinajstić information content (AvgIpc) is 0.784. The fraction of sp³-hybridized carbons (Fsp3) is 0.366. The van der Waals surface area contributed by atoms with Crippen LogP contribution in [0.2, 0.25) is 0 Å². The number of nitrogen functional groups attached to an aromatic ring is 1. The molecule has 4 fully saturated rings. The van der Waals surface area contributed by atoms with Crippen molar-refractivity contribution in [3.05, 3.63) is 253 Å². The van der Waals surface area contributed by atoms with E-state index in [2.05, 4.69) is 78.2 Å². The number of non-ortho nitro benzene ring substituents is 2.